The lowest BCUT2D eigenvalue weighted by molar-refractivity contribution is -0.146. The van der Waals surface area contributed by atoms with Crippen LogP contribution in [-0.2, 0) is 11.0 Å². The highest BCUT2D eigenvalue weighted by atomic mass is 127. The number of aliphatic carboxylic acids is 1. The molecule has 3 nitrogen and oxygen atoms in total. The van der Waals surface area contributed by atoms with Gasteiger partial charge in [0.2, 0.25) is 0 Å². The summed E-state index contributed by atoms with van der Waals surface area (Å²) < 4.78 is 43.3. The monoisotopic (exact) mass is 416 g/mol. The summed E-state index contributed by atoms with van der Waals surface area (Å²) in [6, 6.07) is 2.97. The maximum atomic E-state index is 12.6. The van der Waals surface area contributed by atoms with Gasteiger partial charge in [0.1, 0.15) is 5.75 Å². The zero-order chi connectivity index (χ0) is 16.4. The molecule has 0 bridgehead atoms. The second-order valence-electron chi connectivity index (χ2n) is 5.85. The van der Waals surface area contributed by atoms with Gasteiger partial charge in [-0.05, 0) is 46.2 Å². The van der Waals surface area contributed by atoms with Gasteiger partial charge in [-0.25, -0.2) is 4.79 Å². The summed E-state index contributed by atoms with van der Waals surface area (Å²) in [4.78, 5) is 11.2. The second kappa shape index (κ2) is 6.41. The molecule has 21 heavy (non-hydrogen) atoms. The van der Waals surface area contributed by atoms with Crippen LogP contribution in [0.25, 0.3) is 0 Å². The number of ether oxygens (including phenoxy) is 1. The number of carboxylic acids is 1. The predicted molar refractivity (Wildman–Crippen MR) is 80.3 cm³/mol. The lowest BCUT2D eigenvalue weighted by atomic mass is 9.89. The molecule has 118 valence electrons. The highest BCUT2D eigenvalue weighted by Crippen LogP contribution is 2.34. The van der Waals surface area contributed by atoms with Crippen LogP contribution in [0.1, 0.15) is 32.8 Å². The maximum absolute atomic E-state index is 12.6. The van der Waals surface area contributed by atoms with Crippen molar-refractivity contribution in [3.63, 3.8) is 0 Å². The standard InChI is InChI=1S/C14H16F3IO3/c1-13(2,3)7-11(12(19)20)21-10-5-4-8(6-9(10)18)14(15,16)17/h4-6,11H,7H2,1-3H3,(H,19,20)/t11-/m0/s1. The lowest BCUT2D eigenvalue weighted by Gasteiger charge is -2.24. The highest BCUT2D eigenvalue weighted by molar-refractivity contribution is 14.1. The van der Waals surface area contributed by atoms with Crippen LogP contribution in [0.15, 0.2) is 18.2 Å². The van der Waals surface area contributed by atoms with E-state index in [1.54, 1.807) is 22.6 Å². The van der Waals surface area contributed by atoms with Crippen LogP contribution in [0.2, 0.25) is 0 Å². The van der Waals surface area contributed by atoms with E-state index in [-0.39, 0.29) is 21.2 Å². The third kappa shape index (κ3) is 5.72. The normalized spacial score (nSPS) is 13.9. The van der Waals surface area contributed by atoms with Crippen molar-refractivity contribution in [1.29, 1.82) is 0 Å². The van der Waals surface area contributed by atoms with E-state index in [1.165, 1.54) is 0 Å². The fourth-order valence-electron chi connectivity index (χ4n) is 1.66. The van der Waals surface area contributed by atoms with Gasteiger partial charge in [-0.2, -0.15) is 13.2 Å². The van der Waals surface area contributed by atoms with Gasteiger partial charge in [0, 0.05) is 6.42 Å². The second-order valence-corrected chi connectivity index (χ2v) is 7.01. The summed E-state index contributed by atoms with van der Waals surface area (Å²) in [5.41, 5.74) is -1.07. The molecule has 0 saturated carbocycles. The Bertz CT molecular complexity index is 521. The van der Waals surface area contributed by atoms with Crippen molar-refractivity contribution in [2.45, 2.75) is 39.5 Å². The molecule has 0 fully saturated rings. The smallest absolute Gasteiger partial charge is 0.416 e. The topological polar surface area (TPSA) is 46.5 Å². The fourth-order valence-corrected chi connectivity index (χ4v) is 2.30. The summed E-state index contributed by atoms with van der Waals surface area (Å²) in [5.74, 6) is -0.999. The number of benzene rings is 1. The molecule has 0 spiro atoms. The Hall–Kier alpha value is -0.990. The van der Waals surface area contributed by atoms with Crippen LogP contribution in [0, 0.1) is 8.99 Å². The van der Waals surface area contributed by atoms with E-state index in [0.29, 0.717) is 0 Å². The number of hydrogen-bond acceptors (Lipinski definition) is 2. The maximum Gasteiger partial charge on any atom is 0.416 e. The largest absolute Gasteiger partial charge is 0.479 e. The SMILES string of the molecule is CC(C)(C)C[C@H](Oc1ccc(C(F)(F)F)cc1I)C(=O)O. The van der Waals surface area contributed by atoms with Crippen LogP contribution in [0.3, 0.4) is 0 Å². The molecule has 1 aromatic rings. The number of carbonyl (C=O) groups is 1. The Kier molecular flexibility index (Phi) is 5.51. The fraction of sp³-hybridized carbons (Fsp3) is 0.500. The minimum atomic E-state index is -4.43. The van der Waals surface area contributed by atoms with Crippen LogP contribution in [0.4, 0.5) is 13.2 Å². The van der Waals surface area contributed by atoms with E-state index in [4.69, 9.17) is 9.84 Å². The Labute approximate surface area is 134 Å². The van der Waals surface area contributed by atoms with Gasteiger partial charge in [-0.3, -0.25) is 0 Å². The van der Waals surface area contributed by atoms with Gasteiger partial charge in [0.15, 0.2) is 6.10 Å². The Morgan fingerprint density at radius 1 is 1.33 bits per heavy atom. The van der Waals surface area contributed by atoms with Crippen molar-refractivity contribution < 1.29 is 27.8 Å². The zero-order valence-corrected chi connectivity index (χ0v) is 13.9. The quantitative estimate of drug-likeness (QED) is 0.732. The minimum Gasteiger partial charge on any atom is -0.479 e. The van der Waals surface area contributed by atoms with E-state index in [2.05, 4.69) is 0 Å². The molecule has 1 atom stereocenters. The van der Waals surface area contributed by atoms with Crippen molar-refractivity contribution in [2.24, 2.45) is 5.41 Å². The van der Waals surface area contributed by atoms with Gasteiger partial charge in [0.05, 0.1) is 9.13 Å². The summed E-state index contributed by atoms with van der Waals surface area (Å²) >= 11 is 1.70. The molecule has 1 rings (SSSR count). The zero-order valence-electron chi connectivity index (χ0n) is 11.8. The van der Waals surface area contributed by atoms with Crippen molar-refractivity contribution >= 4 is 28.6 Å². The summed E-state index contributed by atoms with van der Waals surface area (Å²) in [6.45, 7) is 5.60. The molecule has 0 aliphatic rings. The van der Waals surface area contributed by atoms with Gasteiger partial charge >= 0.3 is 12.1 Å². The van der Waals surface area contributed by atoms with Gasteiger partial charge in [-0.1, -0.05) is 20.8 Å². The molecule has 0 heterocycles. The molecular formula is C14H16F3IO3. The lowest BCUT2D eigenvalue weighted by Crippen LogP contribution is -2.31. The van der Waals surface area contributed by atoms with Gasteiger partial charge < -0.3 is 9.84 Å². The van der Waals surface area contributed by atoms with E-state index in [1.807, 2.05) is 20.8 Å². The summed E-state index contributed by atoms with van der Waals surface area (Å²) in [5, 5.41) is 9.17. The molecule has 0 aliphatic heterocycles. The van der Waals surface area contributed by atoms with E-state index in [0.717, 1.165) is 18.2 Å². The summed E-state index contributed by atoms with van der Waals surface area (Å²) in [6.07, 6.45) is -5.29. The average Bonchev–Trinajstić information content (AvgIpc) is 2.27. The molecule has 0 saturated heterocycles. The van der Waals surface area contributed by atoms with Crippen molar-refractivity contribution in [2.75, 3.05) is 0 Å². The molecule has 7 heteroatoms. The molecule has 0 radical (unpaired) electrons. The Morgan fingerprint density at radius 3 is 2.29 bits per heavy atom. The first-order chi connectivity index (χ1) is 9.40. The summed E-state index contributed by atoms with van der Waals surface area (Å²) in [7, 11) is 0. The first-order valence-electron chi connectivity index (χ1n) is 6.16. The molecule has 1 N–H and O–H groups in total. The third-order valence-corrected chi connectivity index (χ3v) is 3.44. The molecule has 0 unspecified atom stereocenters. The third-order valence-electron chi connectivity index (χ3n) is 2.60. The molecule has 0 aromatic heterocycles. The number of rotatable bonds is 4. The van der Waals surface area contributed by atoms with Crippen LogP contribution < -0.4 is 4.74 Å². The highest BCUT2D eigenvalue weighted by Gasteiger charge is 2.32. The van der Waals surface area contributed by atoms with Crippen molar-refractivity contribution in [3.05, 3.63) is 27.3 Å². The van der Waals surface area contributed by atoms with E-state index >= 15 is 0 Å². The minimum absolute atomic E-state index is 0.139. The molecular weight excluding hydrogens is 400 g/mol. The number of alkyl halides is 3. The number of hydrogen-bond donors (Lipinski definition) is 1. The van der Waals surface area contributed by atoms with Gasteiger partial charge in [0.25, 0.3) is 0 Å². The van der Waals surface area contributed by atoms with E-state index in [9.17, 15) is 18.0 Å². The number of halogens is 4. The average molecular weight is 416 g/mol. The van der Waals surface area contributed by atoms with Crippen LogP contribution in [0.5, 0.6) is 5.75 Å². The Balaban J connectivity index is 2.98. The Morgan fingerprint density at radius 2 is 1.90 bits per heavy atom. The van der Waals surface area contributed by atoms with Gasteiger partial charge in [-0.15, -0.1) is 0 Å². The van der Waals surface area contributed by atoms with Crippen LogP contribution >= 0.6 is 22.6 Å². The van der Waals surface area contributed by atoms with Crippen LogP contribution in [-0.4, -0.2) is 17.2 Å². The number of carboxylic acid groups (broad SMARTS) is 1. The van der Waals surface area contributed by atoms with E-state index < -0.39 is 23.8 Å². The molecule has 0 aliphatic carbocycles. The van der Waals surface area contributed by atoms with Crippen molar-refractivity contribution in [1.82, 2.24) is 0 Å². The van der Waals surface area contributed by atoms with Crippen molar-refractivity contribution in [3.8, 4) is 5.75 Å². The molecule has 0 amide bonds. The first-order valence-corrected chi connectivity index (χ1v) is 7.24. The first kappa shape index (κ1) is 18.1. The predicted octanol–water partition coefficient (Wildman–Crippen LogP) is 4.58. The molecule has 1 aromatic carbocycles.